The molecule has 0 amide bonds. The normalized spacial score (nSPS) is 13.0. The number of pyridine rings is 1. The van der Waals surface area contributed by atoms with Crippen LogP contribution < -0.4 is 5.73 Å². The van der Waals surface area contributed by atoms with Gasteiger partial charge in [-0.15, -0.1) is 0 Å². The Morgan fingerprint density at radius 1 is 1.11 bits per heavy atom. The topological polar surface area (TPSA) is 77.8 Å². The highest BCUT2D eigenvalue weighted by molar-refractivity contribution is 5.55. The van der Waals surface area contributed by atoms with E-state index in [0.29, 0.717) is 11.7 Å². The van der Waals surface area contributed by atoms with E-state index in [1.54, 1.807) is 0 Å². The molecule has 0 aliphatic rings. The van der Waals surface area contributed by atoms with E-state index in [4.69, 9.17) is 10.3 Å². The predicted molar refractivity (Wildman–Crippen MR) is 68.8 cm³/mol. The van der Waals surface area contributed by atoms with Crippen molar-refractivity contribution in [3.8, 4) is 11.4 Å². The molecular formula is C13H18N4O. The SMILES string of the molecule is Cc1cc(-c2noc(C(N)C(C)C)n2)cc(C)n1. The minimum absolute atomic E-state index is 0.227. The van der Waals surface area contributed by atoms with Crippen LogP contribution in [0.15, 0.2) is 16.7 Å². The van der Waals surface area contributed by atoms with Gasteiger partial charge in [-0.1, -0.05) is 19.0 Å². The Morgan fingerprint density at radius 2 is 1.72 bits per heavy atom. The summed E-state index contributed by atoms with van der Waals surface area (Å²) in [5.74, 6) is 1.31. The van der Waals surface area contributed by atoms with Crippen molar-refractivity contribution in [2.75, 3.05) is 0 Å². The molecule has 0 aliphatic carbocycles. The Kier molecular flexibility index (Phi) is 3.43. The van der Waals surface area contributed by atoms with E-state index in [9.17, 15) is 0 Å². The molecule has 0 aliphatic heterocycles. The van der Waals surface area contributed by atoms with Crippen molar-refractivity contribution < 1.29 is 4.52 Å². The van der Waals surface area contributed by atoms with Crippen LogP contribution in [0, 0.1) is 19.8 Å². The third kappa shape index (κ3) is 2.56. The lowest BCUT2D eigenvalue weighted by Gasteiger charge is -2.09. The molecule has 2 N–H and O–H groups in total. The Morgan fingerprint density at radius 3 is 2.28 bits per heavy atom. The van der Waals surface area contributed by atoms with Crippen molar-refractivity contribution in [2.24, 2.45) is 11.7 Å². The highest BCUT2D eigenvalue weighted by atomic mass is 16.5. The number of aryl methyl sites for hydroxylation is 2. The molecule has 0 bridgehead atoms. The van der Waals surface area contributed by atoms with Crippen LogP contribution in [0.3, 0.4) is 0 Å². The predicted octanol–water partition coefficient (Wildman–Crippen LogP) is 2.40. The van der Waals surface area contributed by atoms with E-state index in [1.807, 2.05) is 39.8 Å². The molecule has 1 atom stereocenters. The first-order valence-electron chi connectivity index (χ1n) is 6.02. The number of aromatic nitrogens is 3. The lowest BCUT2D eigenvalue weighted by atomic mass is 10.1. The molecule has 0 saturated heterocycles. The van der Waals surface area contributed by atoms with Crippen molar-refractivity contribution >= 4 is 0 Å². The van der Waals surface area contributed by atoms with Crippen LogP contribution >= 0.6 is 0 Å². The second kappa shape index (κ2) is 4.86. The maximum atomic E-state index is 5.98. The fraction of sp³-hybridized carbons (Fsp3) is 0.462. The number of nitrogens with two attached hydrogens (primary N) is 1. The number of hydrogen-bond acceptors (Lipinski definition) is 5. The standard InChI is InChI=1S/C13H18N4O/c1-7(2)11(14)13-16-12(17-18-13)10-5-8(3)15-9(4)6-10/h5-7,11H,14H2,1-4H3. The lowest BCUT2D eigenvalue weighted by molar-refractivity contribution is 0.325. The van der Waals surface area contributed by atoms with Crippen LogP contribution in [-0.2, 0) is 0 Å². The van der Waals surface area contributed by atoms with E-state index in [-0.39, 0.29) is 12.0 Å². The smallest absolute Gasteiger partial charge is 0.244 e. The zero-order valence-corrected chi connectivity index (χ0v) is 11.1. The van der Waals surface area contributed by atoms with E-state index in [1.165, 1.54) is 0 Å². The average Bonchev–Trinajstić information content (AvgIpc) is 2.75. The van der Waals surface area contributed by atoms with Crippen LogP contribution in [0.1, 0.15) is 37.2 Å². The molecule has 18 heavy (non-hydrogen) atoms. The van der Waals surface area contributed by atoms with Crippen LogP contribution in [0.25, 0.3) is 11.4 Å². The summed E-state index contributed by atoms with van der Waals surface area (Å²) in [5, 5.41) is 3.98. The third-order valence-electron chi connectivity index (χ3n) is 2.78. The molecule has 5 nitrogen and oxygen atoms in total. The van der Waals surface area contributed by atoms with Gasteiger partial charge >= 0.3 is 0 Å². The Bertz CT molecular complexity index is 527. The first kappa shape index (κ1) is 12.7. The molecule has 2 aromatic rings. The summed E-state index contributed by atoms with van der Waals surface area (Å²) in [4.78, 5) is 8.67. The van der Waals surface area contributed by atoms with Gasteiger partial charge in [0.25, 0.3) is 0 Å². The summed E-state index contributed by atoms with van der Waals surface area (Å²) in [6.07, 6.45) is 0. The van der Waals surface area contributed by atoms with Crippen molar-refractivity contribution in [3.63, 3.8) is 0 Å². The number of rotatable bonds is 3. The van der Waals surface area contributed by atoms with E-state index >= 15 is 0 Å². The van der Waals surface area contributed by atoms with Gasteiger partial charge in [0.15, 0.2) is 0 Å². The average molecular weight is 246 g/mol. The van der Waals surface area contributed by atoms with Crippen LogP contribution in [0.5, 0.6) is 0 Å². The van der Waals surface area contributed by atoms with Gasteiger partial charge in [0.05, 0.1) is 6.04 Å². The fourth-order valence-corrected chi connectivity index (χ4v) is 1.74. The molecule has 2 aromatic heterocycles. The Labute approximate surface area is 106 Å². The van der Waals surface area contributed by atoms with Crippen molar-refractivity contribution in [3.05, 3.63) is 29.4 Å². The molecule has 0 spiro atoms. The van der Waals surface area contributed by atoms with Gasteiger partial charge in [0, 0.05) is 17.0 Å². The second-order valence-corrected chi connectivity index (χ2v) is 4.86. The first-order valence-corrected chi connectivity index (χ1v) is 6.02. The third-order valence-corrected chi connectivity index (χ3v) is 2.78. The summed E-state index contributed by atoms with van der Waals surface area (Å²) in [6, 6.07) is 3.64. The van der Waals surface area contributed by atoms with Gasteiger partial charge < -0.3 is 10.3 Å². The monoisotopic (exact) mass is 246 g/mol. The molecule has 0 aromatic carbocycles. The lowest BCUT2D eigenvalue weighted by Crippen LogP contribution is -2.16. The van der Waals surface area contributed by atoms with Gasteiger partial charge in [-0.25, -0.2) is 0 Å². The summed E-state index contributed by atoms with van der Waals surface area (Å²) >= 11 is 0. The minimum Gasteiger partial charge on any atom is -0.337 e. The summed E-state index contributed by atoms with van der Waals surface area (Å²) in [7, 11) is 0. The molecule has 0 radical (unpaired) electrons. The van der Waals surface area contributed by atoms with Crippen molar-refractivity contribution in [1.29, 1.82) is 0 Å². The minimum atomic E-state index is -0.227. The van der Waals surface area contributed by atoms with Crippen LogP contribution in [0.2, 0.25) is 0 Å². The largest absolute Gasteiger partial charge is 0.337 e. The molecule has 96 valence electrons. The number of nitrogens with zero attached hydrogens (tertiary/aromatic N) is 3. The van der Waals surface area contributed by atoms with Gasteiger partial charge in [0.2, 0.25) is 11.7 Å². The number of hydrogen-bond donors (Lipinski definition) is 1. The van der Waals surface area contributed by atoms with Gasteiger partial charge in [0.1, 0.15) is 0 Å². The highest BCUT2D eigenvalue weighted by Crippen LogP contribution is 2.22. The fourth-order valence-electron chi connectivity index (χ4n) is 1.74. The van der Waals surface area contributed by atoms with E-state index in [0.717, 1.165) is 17.0 Å². The van der Waals surface area contributed by atoms with Crippen LogP contribution in [-0.4, -0.2) is 15.1 Å². The van der Waals surface area contributed by atoms with E-state index < -0.39 is 0 Å². The zero-order chi connectivity index (χ0) is 13.3. The van der Waals surface area contributed by atoms with Crippen LogP contribution in [0.4, 0.5) is 0 Å². The van der Waals surface area contributed by atoms with Gasteiger partial charge in [-0.2, -0.15) is 4.98 Å². The molecule has 1 unspecified atom stereocenters. The van der Waals surface area contributed by atoms with Crippen molar-refractivity contribution in [1.82, 2.24) is 15.1 Å². The Balaban J connectivity index is 2.35. The van der Waals surface area contributed by atoms with Gasteiger partial charge in [-0.3, -0.25) is 4.98 Å². The first-order chi connectivity index (χ1) is 8.47. The second-order valence-electron chi connectivity index (χ2n) is 4.86. The van der Waals surface area contributed by atoms with E-state index in [2.05, 4.69) is 15.1 Å². The van der Waals surface area contributed by atoms with Crippen molar-refractivity contribution in [2.45, 2.75) is 33.7 Å². The molecule has 2 rings (SSSR count). The summed E-state index contributed by atoms with van der Waals surface area (Å²) < 4.78 is 5.22. The molecule has 0 fully saturated rings. The molecule has 5 heteroatoms. The van der Waals surface area contributed by atoms with Gasteiger partial charge in [-0.05, 0) is 31.9 Å². The maximum absolute atomic E-state index is 5.98. The maximum Gasteiger partial charge on any atom is 0.244 e. The Hall–Kier alpha value is -1.75. The molecular weight excluding hydrogens is 228 g/mol. The highest BCUT2D eigenvalue weighted by Gasteiger charge is 2.18. The quantitative estimate of drug-likeness (QED) is 0.899. The molecule has 0 saturated carbocycles. The summed E-state index contributed by atoms with van der Waals surface area (Å²) in [6.45, 7) is 7.93. The molecule has 2 heterocycles. The zero-order valence-electron chi connectivity index (χ0n) is 11.1. The summed E-state index contributed by atoms with van der Waals surface area (Å²) in [5.41, 5.74) is 8.76.